The van der Waals surface area contributed by atoms with E-state index in [1.807, 2.05) is 0 Å². The van der Waals surface area contributed by atoms with Gasteiger partial charge < -0.3 is 10.6 Å². The smallest absolute Gasteiger partial charge is 0.154 e. The van der Waals surface area contributed by atoms with Crippen molar-refractivity contribution in [3.63, 3.8) is 0 Å². The van der Waals surface area contributed by atoms with Crippen LogP contribution in [0.15, 0.2) is 10.8 Å². The minimum absolute atomic E-state index is 0.298. The van der Waals surface area contributed by atoms with Gasteiger partial charge in [-0.05, 0) is 28.8 Å². The summed E-state index contributed by atoms with van der Waals surface area (Å²) in [4.78, 5) is 8.13. The van der Waals surface area contributed by atoms with Gasteiger partial charge in [0.25, 0.3) is 0 Å². The third-order valence-corrected chi connectivity index (χ3v) is 6.01. The van der Waals surface area contributed by atoms with E-state index in [2.05, 4.69) is 36.5 Å². The maximum absolute atomic E-state index is 11.7. The van der Waals surface area contributed by atoms with Gasteiger partial charge >= 0.3 is 0 Å². The summed E-state index contributed by atoms with van der Waals surface area (Å²) < 4.78 is 24.1. The molecule has 0 bridgehead atoms. The van der Waals surface area contributed by atoms with Crippen molar-refractivity contribution in [2.45, 2.75) is 18.1 Å². The Morgan fingerprint density at radius 1 is 1.44 bits per heavy atom. The second-order valence-electron chi connectivity index (χ2n) is 4.15. The first-order valence-corrected chi connectivity index (χ1v) is 8.19. The van der Waals surface area contributed by atoms with Gasteiger partial charge in [0, 0.05) is 13.6 Å². The molecule has 2 heterocycles. The predicted molar refractivity (Wildman–Crippen MR) is 74.6 cm³/mol. The summed E-state index contributed by atoms with van der Waals surface area (Å²) in [5.74, 6) is 1.57. The van der Waals surface area contributed by atoms with E-state index in [4.69, 9.17) is 0 Å². The normalized spacial score (nSPS) is 21.8. The first kappa shape index (κ1) is 13.5. The zero-order valence-corrected chi connectivity index (χ0v) is 12.4. The highest BCUT2D eigenvalue weighted by Crippen LogP contribution is 2.27. The summed E-state index contributed by atoms with van der Waals surface area (Å²) in [7, 11) is -1.16. The van der Waals surface area contributed by atoms with Crippen molar-refractivity contribution in [3.8, 4) is 0 Å². The van der Waals surface area contributed by atoms with Crippen LogP contribution < -0.4 is 10.6 Å². The highest BCUT2D eigenvalue weighted by Gasteiger charge is 2.31. The van der Waals surface area contributed by atoms with E-state index < -0.39 is 9.84 Å². The zero-order chi connectivity index (χ0) is 13.2. The molecule has 2 rings (SSSR count). The van der Waals surface area contributed by atoms with Crippen LogP contribution in [0.3, 0.4) is 0 Å². The predicted octanol–water partition coefficient (Wildman–Crippen LogP) is 1.27. The fraction of sp³-hybridized carbons (Fsp3) is 0.600. The van der Waals surface area contributed by atoms with Crippen LogP contribution in [-0.4, -0.2) is 43.0 Å². The molecule has 0 saturated carbocycles. The molecule has 1 aromatic heterocycles. The van der Waals surface area contributed by atoms with Crippen LogP contribution in [0.4, 0.5) is 11.6 Å². The first-order valence-electron chi connectivity index (χ1n) is 5.68. The Morgan fingerprint density at radius 3 is 2.78 bits per heavy atom. The Hall–Kier alpha value is -0.890. The van der Waals surface area contributed by atoms with E-state index in [-0.39, 0.29) is 5.25 Å². The standard InChI is InChI=1S/C10H15BrN4O2S/c1-12-9-8(11)10(15-6-14-9)13-5-7-3-2-4-18(7,16)17/h6-7H,2-5H2,1H3,(H2,12,13,14,15). The summed E-state index contributed by atoms with van der Waals surface area (Å²) in [5, 5.41) is 5.68. The number of anilines is 2. The first-order chi connectivity index (χ1) is 8.54. The number of hydrogen-bond acceptors (Lipinski definition) is 6. The molecule has 8 heteroatoms. The number of rotatable bonds is 4. The van der Waals surface area contributed by atoms with E-state index in [0.29, 0.717) is 28.4 Å². The molecule has 0 aromatic carbocycles. The summed E-state index contributed by atoms with van der Waals surface area (Å²) >= 11 is 3.38. The molecular weight excluding hydrogens is 320 g/mol. The Morgan fingerprint density at radius 2 is 2.17 bits per heavy atom. The lowest BCUT2D eigenvalue weighted by Gasteiger charge is -2.13. The van der Waals surface area contributed by atoms with Gasteiger partial charge in [0.05, 0.1) is 11.0 Å². The molecule has 0 amide bonds. The molecule has 100 valence electrons. The van der Waals surface area contributed by atoms with Crippen LogP contribution in [0.1, 0.15) is 12.8 Å². The Labute approximate surface area is 115 Å². The van der Waals surface area contributed by atoms with E-state index in [1.165, 1.54) is 6.33 Å². The van der Waals surface area contributed by atoms with Crippen molar-refractivity contribution in [1.82, 2.24) is 9.97 Å². The summed E-state index contributed by atoms with van der Waals surface area (Å²) in [5.41, 5.74) is 0. The molecule has 2 N–H and O–H groups in total. The third kappa shape index (κ3) is 2.74. The number of nitrogens with zero attached hydrogens (tertiary/aromatic N) is 2. The average Bonchev–Trinajstić information content (AvgIpc) is 2.67. The van der Waals surface area contributed by atoms with Crippen LogP contribution in [0.2, 0.25) is 0 Å². The molecule has 1 aromatic rings. The highest BCUT2D eigenvalue weighted by atomic mass is 79.9. The molecule has 1 atom stereocenters. The minimum Gasteiger partial charge on any atom is -0.372 e. The number of sulfone groups is 1. The fourth-order valence-electron chi connectivity index (χ4n) is 1.97. The van der Waals surface area contributed by atoms with Gasteiger partial charge in [-0.3, -0.25) is 0 Å². The Bertz CT molecular complexity index is 535. The van der Waals surface area contributed by atoms with Gasteiger partial charge in [0.1, 0.15) is 22.4 Å². The number of halogens is 1. The molecule has 0 spiro atoms. The van der Waals surface area contributed by atoms with E-state index in [1.54, 1.807) is 7.05 Å². The molecule has 1 unspecified atom stereocenters. The second kappa shape index (κ2) is 5.40. The molecular formula is C10H15BrN4O2S. The van der Waals surface area contributed by atoms with Crippen LogP contribution in [0.5, 0.6) is 0 Å². The van der Waals surface area contributed by atoms with E-state index in [0.717, 1.165) is 12.8 Å². The van der Waals surface area contributed by atoms with E-state index in [9.17, 15) is 8.42 Å². The molecule has 18 heavy (non-hydrogen) atoms. The molecule has 0 radical (unpaired) electrons. The topological polar surface area (TPSA) is 84.0 Å². The van der Waals surface area contributed by atoms with Crippen molar-refractivity contribution in [2.24, 2.45) is 0 Å². The van der Waals surface area contributed by atoms with Crippen LogP contribution in [-0.2, 0) is 9.84 Å². The monoisotopic (exact) mass is 334 g/mol. The third-order valence-electron chi connectivity index (χ3n) is 2.99. The van der Waals surface area contributed by atoms with Crippen LogP contribution >= 0.6 is 15.9 Å². The summed E-state index contributed by atoms with van der Waals surface area (Å²) in [6.07, 6.45) is 2.90. The van der Waals surface area contributed by atoms with Crippen molar-refractivity contribution >= 4 is 37.4 Å². The number of hydrogen-bond donors (Lipinski definition) is 2. The van der Waals surface area contributed by atoms with Crippen molar-refractivity contribution in [1.29, 1.82) is 0 Å². The second-order valence-corrected chi connectivity index (χ2v) is 7.34. The Balaban J connectivity index is 2.07. The molecule has 1 saturated heterocycles. The van der Waals surface area contributed by atoms with Crippen molar-refractivity contribution < 1.29 is 8.42 Å². The molecule has 1 aliphatic heterocycles. The van der Waals surface area contributed by atoms with Gasteiger partial charge in [0.2, 0.25) is 0 Å². The van der Waals surface area contributed by atoms with Gasteiger partial charge in [-0.1, -0.05) is 0 Å². The maximum atomic E-state index is 11.7. The van der Waals surface area contributed by atoms with Gasteiger partial charge in [-0.25, -0.2) is 18.4 Å². The molecule has 1 aliphatic rings. The van der Waals surface area contributed by atoms with Gasteiger partial charge in [-0.15, -0.1) is 0 Å². The van der Waals surface area contributed by atoms with Crippen LogP contribution in [0, 0.1) is 0 Å². The molecule has 1 fully saturated rings. The zero-order valence-electron chi connectivity index (χ0n) is 9.98. The van der Waals surface area contributed by atoms with Crippen LogP contribution in [0.25, 0.3) is 0 Å². The number of nitrogens with one attached hydrogen (secondary N) is 2. The molecule has 6 nitrogen and oxygen atoms in total. The quantitative estimate of drug-likeness (QED) is 0.862. The SMILES string of the molecule is CNc1ncnc(NCC2CCCS2(=O)=O)c1Br. The van der Waals surface area contributed by atoms with E-state index >= 15 is 0 Å². The number of aromatic nitrogens is 2. The summed E-state index contributed by atoms with van der Waals surface area (Å²) in [6, 6.07) is 0. The lowest BCUT2D eigenvalue weighted by molar-refractivity contribution is 0.591. The maximum Gasteiger partial charge on any atom is 0.154 e. The van der Waals surface area contributed by atoms with Gasteiger partial charge in [0.15, 0.2) is 9.84 Å². The highest BCUT2D eigenvalue weighted by molar-refractivity contribution is 9.10. The fourth-order valence-corrected chi connectivity index (χ4v) is 4.27. The minimum atomic E-state index is -2.92. The lowest BCUT2D eigenvalue weighted by atomic mass is 10.2. The van der Waals surface area contributed by atoms with Crippen molar-refractivity contribution in [2.75, 3.05) is 30.0 Å². The largest absolute Gasteiger partial charge is 0.372 e. The van der Waals surface area contributed by atoms with Crippen molar-refractivity contribution in [3.05, 3.63) is 10.8 Å². The summed E-state index contributed by atoms with van der Waals surface area (Å²) in [6.45, 7) is 0.390. The molecule has 0 aliphatic carbocycles. The average molecular weight is 335 g/mol. The Kier molecular flexibility index (Phi) is 4.06. The van der Waals surface area contributed by atoms with Gasteiger partial charge in [-0.2, -0.15) is 0 Å². The lowest BCUT2D eigenvalue weighted by Crippen LogP contribution is -2.25.